The van der Waals surface area contributed by atoms with Gasteiger partial charge in [-0.1, -0.05) is 18.2 Å². The highest BCUT2D eigenvalue weighted by atomic mass is 16.2. The molecule has 132 valence electrons. The van der Waals surface area contributed by atoms with Crippen LogP contribution in [0.2, 0.25) is 0 Å². The Morgan fingerprint density at radius 2 is 2.08 bits per heavy atom. The number of rotatable bonds is 4. The van der Waals surface area contributed by atoms with Gasteiger partial charge < -0.3 is 19.7 Å². The van der Waals surface area contributed by atoms with Crippen molar-refractivity contribution in [3.05, 3.63) is 53.9 Å². The van der Waals surface area contributed by atoms with Gasteiger partial charge in [-0.15, -0.1) is 0 Å². The van der Waals surface area contributed by atoms with Gasteiger partial charge >= 0.3 is 0 Å². The molecule has 0 bridgehead atoms. The number of nitrogens with zero attached hydrogens (tertiary/aromatic N) is 4. The number of nitrogens with one attached hydrogen (secondary N) is 1. The summed E-state index contributed by atoms with van der Waals surface area (Å²) in [7, 11) is 5.73. The van der Waals surface area contributed by atoms with E-state index in [1.54, 1.807) is 7.05 Å². The maximum atomic E-state index is 12.6. The lowest BCUT2D eigenvalue weighted by atomic mass is 10.2. The van der Waals surface area contributed by atoms with Crippen LogP contribution in [-0.4, -0.2) is 48.5 Å². The van der Waals surface area contributed by atoms with Crippen molar-refractivity contribution in [3.63, 3.8) is 0 Å². The summed E-state index contributed by atoms with van der Waals surface area (Å²) >= 11 is 0. The van der Waals surface area contributed by atoms with Gasteiger partial charge in [0.05, 0.1) is 13.1 Å². The second kappa shape index (κ2) is 7.42. The Morgan fingerprint density at radius 1 is 1.28 bits per heavy atom. The third kappa shape index (κ3) is 3.68. The summed E-state index contributed by atoms with van der Waals surface area (Å²) in [5.74, 6) is 0.778. The molecular formula is C19H25N5O. The predicted molar refractivity (Wildman–Crippen MR) is 101 cm³/mol. The van der Waals surface area contributed by atoms with E-state index in [2.05, 4.69) is 27.0 Å². The lowest BCUT2D eigenvalue weighted by molar-refractivity contribution is -0.117. The normalized spacial score (nSPS) is 13.7. The summed E-state index contributed by atoms with van der Waals surface area (Å²) < 4.78 is 2.08. The predicted octanol–water partition coefficient (Wildman–Crippen LogP) is 1.62. The first kappa shape index (κ1) is 17.1. The summed E-state index contributed by atoms with van der Waals surface area (Å²) in [6, 6.07) is 12.2. The Kier molecular flexibility index (Phi) is 5.07. The first-order valence-corrected chi connectivity index (χ1v) is 8.50. The molecule has 0 aliphatic carbocycles. The molecule has 0 fully saturated rings. The molecule has 1 aliphatic rings. The number of carbonyl (C=O) groups excluding carboxylic acids is 1. The molecule has 1 aromatic carbocycles. The minimum atomic E-state index is 0.0679. The van der Waals surface area contributed by atoms with Crippen molar-refractivity contribution >= 4 is 17.6 Å². The molecule has 0 atom stereocenters. The molecule has 0 spiro atoms. The van der Waals surface area contributed by atoms with Crippen LogP contribution in [0.15, 0.2) is 47.6 Å². The van der Waals surface area contributed by atoms with Gasteiger partial charge in [-0.25, -0.2) is 0 Å². The van der Waals surface area contributed by atoms with Crippen LogP contribution >= 0.6 is 0 Å². The molecule has 6 heteroatoms. The highest BCUT2D eigenvalue weighted by Gasteiger charge is 2.24. The van der Waals surface area contributed by atoms with E-state index in [-0.39, 0.29) is 12.5 Å². The van der Waals surface area contributed by atoms with E-state index in [1.165, 1.54) is 11.3 Å². The molecule has 1 N–H and O–H groups in total. The smallest absolute Gasteiger partial charge is 0.246 e. The average Bonchev–Trinajstić information content (AvgIpc) is 3.22. The maximum Gasteiger partial charge on any atom is 0.246 e. The van der Waals surface area contributed by atoms with Crippen LogP contribution < -0.4 is 10.2 Å². The molecule has 6 nitrogen and oxygen atoms in total. The number of guanidine groups is 1. The summed E-state index contributed by atoms with van der Waals surface area (Å²) in [6.45, 7) is 1.71. The molecule has 2 heterocycles. The Balaban J connectivity index is 1.58. The monoisotopic (exact) mass is 339 g/mol. The van der Waals surface area contributed by atoms with Gasteiger partial charge in [0, 0.05) is 45.3 Å². The van der Waals surface area contributed by atoms with Gasteiger partial charge in [0.15, 0.2) is 5.96 Å². The van der Waals surface area contributed by atoms with Crippen LogP contribution in [0.1, 0.15) is 11.3 Å². The highest BCUT2D eigenvalue weighted by Crippen LogP contribution is 2.27. The molecule has 0 saturated carbocycles. The molecule has 2 aromatic rings. The maximum absolute atomic E-state index is 12.6. The quantitative estimate of drug-likeness (QED) is 0.680. The number of anilines is 1. The first-order valence-electron chi connectivity index (χ1n) is 8.50. The Labute approximate surface area is 148 Å². The fraction of sp³-hybridized carbons (Fsp3) is 0.368. The zero-order valence-corrected chi connectivity index (χ0v) is 15.1. The van der Waals surface area contributed by atoms with E-state index in [0.29, 0.717) is 5.96 Å². The van der Waals surface area contributed by atoms with E-state index in [4.69, 9.17) is 0 Å². The van der Waals surface area contributed by atoms with E-state index < -0.39 is 0 Å². The number of para-hydroxylation sites is 1. The first-order chi connectivity index (χ1) is 12.1. The van der Waals surface area contributed by atoms with Crippen LogP contribution in [0.3, 0.4) is 0 Å². The fourth-order valence-electron chi connectivity index (χ4n) is 3.21. The summed E-state index contributed by atoms with van der Waals surface area (Å²) in [4.78, 5) is 20.8. The van der Waals surface area contributed by atoms with Crippen LogP contribution in [0.25, 0.3) is 0 Å². The molecule has 0 saturated heterocycles. The van der Waals surface area contributed by atoms with Gasteiger partial charge in [0.1, 0.15) is 0 Å². The summed E-state index contributed by atoms with van der Waals surface area (Å²) in [5.41, 5.74) is 3.45. The van der Waals surface area contributed by atoms with Gasteiger partial charge in [-0.3, -0.25) is 9.79 Å². The number of hydrogen-bond acceptors (Lipinski definition) is 2. The summed E-state index contributed by atoms with van der Waals surface area (Å²) in [5, 5.41) is 3.18. The number of amides is 1. The van der Waals surface area contributed by atoms with Crippen molar-refractivity contribution in [1.82, 2.24) is 14.8 Å². The molecule has 25 heavy (non-hydrogen) atoms. The van der Waals surface area contributed by atoms with Gasteiger partial charge in [0.2, 0.25) is 5.91 Å². The third-order valence-electron chi connectivity index (χ3n) is 4.61. The van der Waals surface area contributed by atoms with Crippen molar-refractivity contribution in [3.8, 4) is 0 Å². The van der Waals surface area contributed by atoms with Gasteiger partial charge in [0.25, 0.3) is 0 Å². The van der Waals surface area contributed by atoms with E-state index in [9.17, 15) is 4.79 Å². The zero-order chi connectivity index (χ0) is 17.8. The molecule has 1 amide bonds. The summed E-state index contributed by atoms with van der Waals surface area (Å²) in [6.07, 6.45) is 2.94. The minimum absolute atomic E-state index is 0.0679. The number of aliphatic imine (C=N–C) groups is 1. The molecule has 0 unspecified atom stereocenters. The van der Waals surface area contributed by atoms with E-state index in [1.807, 2.05) is 54.4 Å². The second-order valence-corrected chi connectivity index (χ2v) is 6.29. The van der Waals surface area contributed by atoms with E-state index in [0.717, 1.165) is 25.2 Å². The van der Waals surface area contributed by atoms with Crippen molar-refractivity contribution in [2.45, 2.75) is 13.0 Å². The fourth-order valence-corrected chi connectivity index (χ4v) is 3.21. The van der Waals surface area contributed by atoms with Crippen molar-refractivity contribution in [2.24, 2.45) is 12.0 Å². The number of aromatic nitrogens is 1. The number of fused-ring (bicyclic) bond motifs is 1. The lowest BCUT2D eigenvalue weighted by Gasteiger charge is -2.24. The SMILES string of the molecule is CN=C(NCC(=O)N1CCc2ccccc21)N(C)Cc1cccn1C. The number of benzene rings is 1. The Hall–Kier alpha value is -2.76. The molecule has 1 aromatic heterocycles. The Bertz CT molecular complexity index is 780. The molecule has 0 radical (unpaired) electrons. The van der Waals surface area contributed by atoms with Crippen LogP contribution in [0.4, 0.5) is 5.69 Å². The topological polar surface area (TPSA) is 52.9 Å². The largest absolute Gasteiger partial charge is 0.353 e. The van der Waals surface area contributed by atoms with Crippen LogP contribution in [0.5, 0.6) is 0 Å². The molecule has 3 rings (SSSR count). The highest BCUT2D eigenvalue weighted by molar-refractivity contribution is 5.98. The van der Waals surface area contributed by atoms with Gasteiger partial charge in [-0.05, 0) is 30.2 Å². The van der Waals surface area contributed by atoms with Crippen molar-refractivity contribution in [2.75, 3.05) is 32.1 Å². The second-order valence-electron chi connectivity index (χ2n) is 6.29. The average molecular weight is 339 g/mol. The van der Waals surface area contributed by atoms with Crippen molar-refractivity contribution < 1.29 is 4.79 Å². The van der Waals surface area contributed by atoms with Crippen LogP contribution in [0, 0.1) is 0 Å². The Morgan fingerprint density at radius 3 is 2.80 bits per heavy atom. The number of aryl methyl sites for hydroxylation is 1. The third-order valence-corrected chi connectivity index (χ3v) is 4.61. The van der Waals surface area contributed by atoms with Crippen molar-refractivity contribution in [1.29, 1.82) is 0 Å². The zero-order valence-electron chi connectivity index (χ0n) is 15.1. The van der Waals surface area contributed by atoms with Crippen LogP contribution in [-0.2, 0) is 24.8 Å². The molecular weight excluding hydrogens is 314 g/mol. The van der Waals surface area contributed by atoms with E-state index >= 15 is 0 Å². The standard InChI is InChI=1S/C19H25N5O/c1-20-19(23(3)14-16-8-6-11-22(16)2)21-13-18(25)24-12-10-15-7-4-5-9-17(15)24/h4-9,11H,10,12-14H2,1-3H3,(H,20,21). The van der Waals surface area contributed by atoms with Gasteiger partial charge in [-0.2, -0.15) is 0 Å². The number of hydrogen-bond donors (Lipinski definition) is 1. The lowest BCUT2D eigenvalue weighted by Crippen LogP contribution is -2.45. The number of carbonyl (C=O) groups is 1. The molecule has 1 aliphatic heterocycles. The minimum Gasteiger partial charge on any atom is -0.353 e.